The molecule has 1 aromatic carbocycles. The number of hydrogen-bond donors (Lipinski definition) is 20. The lowest BCUT2D eigenvalue weighted by molar-refractivity contribution is -0.193. The summed E-state index contributed by atoms with van der Waals surface area (Å²) in [7, 11) is 0. The average Bonchev–Trinajstić information content (AvgIpc) is 0.931. The molecule has 42 heteroatoms. The number of carbonyl (C=O) groups is 14. The monoisotopic (exact) mass is 1500 g/mol. The number of halogens is 6. The maximum Gasteiger partial charge on any atom is 0.490 e. The van der Waals surface area contributed by atoms with Crippen LogP contribution in [0.15, 0.2) is 35.3 Å². The third-order valence-electron chi connectivity index (χ3n) is 15.5. The van der Waals surface area contributed by atoms with Gasteiger partial charge >= 0.3 is 30.3 Å². The van der Waals surface area contributed by atoms with Crippen LogP contribution in [0.2, 0.25) is 0 Å². The average molecular weight is 1500 g/mol. The second-order valence-corrected chi connectivity index (χ2v) is 25.7. The zero-order valence-corrected chi connectivity index (χ0v) is 58.5. The van der Waals surface area contributed by atoms with Crippen molar-refractivity contribution in [3.8, 4) is 0 Å². The summed E-state index contributed by atoms with van der Waals surface area (Å²) < 4.78 is 69.4. The smallest absolute Gasteiger partial charge is 0.475 e. The number of amides is 11. The van der Waals surface area contributed by atoms with E-state index in [4.69, 9.17) is 47.5 Å². The summed E-state index contributed by atoms with van der Waals surface area (Å²) in [6.45, 7) is 12.0. The Hall–Kier alpha value is -9.55. The van der Waals surface area contributed by atoms with E-state index in [0.29, 0.717) is 12.8 Å². The van der Waals surface area contributed by atoms with E-state index in [1.54, 1.807) is 27.7 Å². The molecule has 0 bridgehead atoms. The lowest BCUT2D eigenvalue weighted by atomic mass is 9.95. The van der Waals surface area contributed by atoms with Crippen molar-refractivity contribution in [1.29, 1.82) is 0 Å². The van der Waals surface area contributed by atoms with Gasteiger partial charge in [0.1, 0.15) is 48.3 Å². The van der Waals surface area contributed by atoms with Crippen LogP contribution in [0.25, 0.3) is 0 Å². The number of nitrogens with zero attached hydrogens (tertiary/aromatic N) is 1. The van der Waals surface area contributed by atoms with Crippen LogP contribution in [-0.4, -0.2) is 230 Å². The molecule has 15 atom stereocenters. The van der Waals surface area contributed by atoms with Crippen molar-refractivity contribution in [2.75, 3.05) is 19.7 Å². The van der Waals surface area contributed by atoms with Gasteiger partial charge in [-0.2, -0.15) is 26.3 Å². The van der Waals surface area contributed by atoms with Gasteiger partial charge in [0.15, 0.2) is 24.2 Å². The minimum absolute atomic E-state index is 0.0412. The molecule has 2 fully saturated rings. The number of carboxylic acid groups (broad SMARTS) is 2. The van der Waals surface area contributed by atoms with E-state index in [-0.39, 0.29) is 74.3 Å². The van der Waals surface area contributed by atoms with Gasteiger partial charge in [0.05, 0.1) is 31.4 Å². The molecule has 3 rings (SSSR count). The Morgan fingerprint density at radius 2 is 1.13 bits per heavy atom. The Labute approximate surface area is 593 Å². The number of aliphatic carboxylic acids is 2. The zero-order valence-electron chi connectivity index (χ0n) is 58.5. The van der Waals surface area contributed by atoms with Crippen LogP contribution in [0.1, 0.15) is 125 Å². The number of esters is 1. The molecular weight excluding hydrogens is 1400 g/mol. The molecule has 24 N–H and O–H groups in total. The van der Waals surface area contributed by atoms with E-state index in [9.17, 15) is 99.5 Å². The Balaban J connectivity index is 0.00000348. The molecule has 0 spiro atoms. The number of primary amides is 1. The number of guanidine groups is 1. The number of aliphatic hydroxyl groups excluding tert-OH is 4. The summed E-state index contributed by atoms with van der Waals surface area (Å²) in [5, 5.41) is 82.4. The largest absolute Gasteiger partial charge is 0.490 e. The van der Waals surface area contributed by atoms with Crippen molar-refractivity contribution in [1.82, 2.24) is 53.2 Å². The first-order valence-electron chi connectivity index (χ1n) is 32.7. The summed E-state index contributed by atoms with van der Waals surface area (Å²) in [5.74, 6) is -22.3. The van der Waals surface area contributed by atoms with Crippen LogP contribution in [0.3, 0.4) is 0 Å². The minimum atomic E-state index is -5.08. The van der Waals surface area contributed by atoms with Crippen LogP contribution in [0.5, 0.6) is 0 Å². The van der Waals surface area contributed by atoms with E-state index in [0.717, 1.165) is 6.92 Å². The van der Waals surface area contributed by atoms with Crippen molar-refractivity contribution >= 4 is 88.8 Å². The maximum atomic E-state index is 15.4. The van der Waals surface area contributed by atoms with E-state index in [1.165, 1.54) is 44.2 Å². The van der Waals surface area contributed by atoms with Crippen molar-refractivity contribution in [2.24, 2.45) is 57.5 Å². The Kier molecular flexibility index (Phi) is 38.7. The van der Waals surface area contributed by atoms with Crippen LogP contribution < -0.4 is 76.1 Å². The number of carboxylic acids is 2. The van der Waals surface area contributed by atoms with Gasteiger partial charge in [0.25, 0.3) is 0 Å². The molecule has 1 aliphatic carbocycles. The number of rotatable bonds is 23. The number of benzene rings is 1. The van der Waals surface area contributed by atoms with Gasteiger partial charge in [-0.3, -0.25) is 57.7 Å². The predicted octanol–water partition coefficient (Wildman–Crippen LogP) is -4.41. The fraction of sp³-hybridized carbons (Fsp3) is 0.661. The summed E-state index contributed by atoms with van der Waals surface area (Å²) >= 11 is 0. The maximum absolute atomic E-state index is 15.4. The van der Waals surface area contributed by atoms with Crippen LogP contribution >= 0.6 is 0 Å². The molecule has 11 amide bonds. The standard InChI is InChI=1S/C58H95N15O17.2C2HF3O2/c1-10-29(8)39-53(85)71-40(30(9)75)52(84)64-24-38(76)69-42(45(78)47(60)79)55(87)68-37(25-74)57(89)90-46(32-15-12-11-13-16-32)43(73-51(83)36(23-31-18-19-31)66-48(80)33(59)21-26(2)3)56(88)72-41(44(77)28(6)7)54(86)67-35(22-27(4)5)50(82)65-34(49(81)70-39)17-14-20-63-58(61)62;2*3-2(4,5)1(6)7/h11-13,15-16,26-31,33-37,39-46,74-75,77-78H,10,14,17-25,59H2,1-9H3,(H2,60,79)(H,64,84)(H,65,82)(H,66,80)(H,67,86)(H,68,87)(H,69,76)(H,70,81)(H,71,85)(H,72,88)(H,73,83)(H4,61,62,63);2*(H,6,7)/t29-,30-,33+,34+,35-,36-,37-,39-,40-,41-,42-,43-,44+,45-,46+;;/m0../s1. The van der Waals surface area contributed by atoms with Gasteiger partial charge < -0.3 is 111 Å². The summed E-state index contributed by atoms with van der Waals surface area (Å²) in [5.41, 5.74) is 22.6. The second kappa shape index (κ2) is 43.5. The number of nitrogens with two attached hydrogens (primary N) is 4. The van der Waals surface area contributed by atoms with E-state index in [2.05, 4.69) is 47.5 Å². The molecule has 1 aromatic rings. The number of cyclic esters (lactones) is 1. The molecule has 1 aliphatic heterocycles. The molecule has 36 nitrogen and oxygen atoms in total. The SMILES string of the molecule is CC[C@H](C)[C@@H]1NC(=O)[C@@H](CCCN=C(N)N)NC(=O)[C@H](CC(C)C)NC(=O)[C@H]([C@H](O)C(C)C)NC(=O)[C@@H](NC(=O)[C@H](CC2CC2)NC(=O)[C@H](N)CC(C)C)[C@@H](c2ccccc2)OC(=O)[C@H](CO)NC(=O)[C@H]([C@H](O)C(N)=O)NC(=O)CNC(=O)[C@H]([C@H](C)O)NC1=O.O=C(O)C(F)(F)F.O=C(O)C(F)(F)F. The molecule has 1 heterocycles. The molecule has 1 saturated carbocycles. The first kappa shape index (κ1) is 92.5. The predicted molar refractivity (Wildman–Crippen MR) is 351 cm³/mol. The van der Waals surface area contributed by atoms with Gasteiger partial charge in [-0.1, -0.05) is 105 Å². The van der Waals surface area contributed by atoms with Crippen LogP contribution in [0.4, 0.5) is 26.3 Å². The summed E-state index contributed by atoms with van der Waals surface area (Å²) in [4.78, 5) is 192. The topological polar surface area (TPSA) is 606 Å². The quantitative estimate of drug-likeness (QED) is 0.0162. The van der Waals surface area contributed by atoms with Gasteiger partial charge in [-0.15, -0.1) is 0 Å². The molecule has 0 aromatic heterocycles. The normalized spacial score (nSPS) is 23.6. The fourth-order valence-corrected chi connectivity index (χ4v) is 9.46. The number of aliphatic hydroxyl groups is 4. The van der Waals surface area contributed by atoms with E-state index in [1.807, 2.05) is 24.5 Å². The number of carbonyl (C=O) groups excluding carboxylic acids is 12. The van der Waals surface area contributed by atoms with Crippen molar-refractivity contribution in [3.63, 3.8) is 0 Å². The molecule has 1 saturated heterocycles. The second-order valence-electron chi connectivity index (χ2n) is 25.7. The molecule has 0 unspecified atom stereocenters. The molecule has 2 aliphatic rings. The van der Waals surface area contributed by atoms with Crippen LogP contribution in [-0.2, 0) is 71.9 Å². The third-order valence-corrected chi connectivity index (χ3v) is 15.5. The Morgan fingerprint density at radius 3 is 1.61 bits per heavy atom. The summed E-state index contributed by atoms with van der Waals surface area (Å²) in [6, 6.07) is -10.5. The van der Waals surface area contributed by atoms with Gasteiger partial charge in [-0.25, -0.2) is 14.4 Å². The number of hydrogen-bond acceptors (Lipinski definition) is 21. The highest BCUT2D eigenvalue weighted by molar-refractivity contribution is 6.00. The van der Waals surface area contributed by atoms with Gasteiger partial charge in [-0.05, 0) is 74.2 Å². The Morgan fingerprint density at radius 1 is 0.635 bits per heavy atom. The van der Waals surface area contributed by atoms with Crippen LogP contribution in [0, 0.1) is 29.6 Å². The summed E-state index contributed by atoms with van der Waals surface area (Å²) in [6.07, 6.45) is -16.7. The number of alkyl halides is 6. The first-order chi connectivity index (χ1) is 48.1. The van der Waals surface area contributed by atoms with Gasteiger partial charge in [0.2, 0.25) is 65.0 Å². The third kappa shape index (κ3) is 32.8. The lowest BCUT2D eigenvalue weighted by Crippen LogP contribution is -2.64. The van der Waals surface area contributed by atoms with Crippen molar-refractivity contribution in [3.05, 3.63) is 35.9 Å². The molecular formula is C62H97F6N15O21. The van der Waals surface area contributed by atoms with E-state index >= 15 is 4.79 Å². The highest BCUT2D eigenvalue weighted by atomic mass is 19.4. The van der Waals surface area contributed by atoms with Crippen molar-refractivity contribution in [2.45, 2.75) is 211 Å². The minimum Gasteiger partial charge on any atom is -0.475 e. The number of nitrogens with one attached hydrogen (secondary N) is 10. The van der Waals surface area contributed by atoms with E-state index < -0.39 is 205 Å². The highest BCUT2D eigenvalue weighted by Crippen LogP contribution is 2.34. The zero-order chi connectivity index (χ0) is 80.0. The fourth-order valence-electron chi connectivity index (χ4n) is 9.46. The van der Waals surface area contributed by atoms with Gasteiger partial charge in [0, 0.05) is 6.54 Å². The number of aliphatic imine (C=N–C) groups is 1. The van der Waals surface area contributed by atoms with Crippen molar-refractivity contribution < 1.29 is 129 Å². The highest BCUT2D eigenvalue weighted by Gasteiger charge is 2.45. The number of ether oxygens (including phenoxy) is 1. The molecule has 588 valence electrons. The molecule has 0 radical (unpaired) electrons. The molecule has 104 heavy (non-hydrogen) atoms. The first-order valence-corrected chi connectivity index (χ1v) is 32.7. The lowest BCUT2D eigenvalue weighted by Gasteiger charge is -2.33. The Bertz CT molecular complexity index is 3100.